The van der Waals surface area contributed by atoms with Crippen LogP contribution in [0.25, 0.3) is 0 Å². The van der Waals surface area contributed by atoms with Crippen LogP contribution >= 0.6 is 24.0 Å². The number of benzene rings is 1. The van der Waals surface area contributed by atoms with Crippen LogP contribution in [0.15, 0.2) is 23.2 Å². The van der Waals surface area contributed by atoms with E-state index in [0.29, 0.717) is 12.6 Å². The van der Waals surface area contributed by atoms with Gasteiger partial charge >= 0.3 is 0 Å². The van der Waals surface area contributed by atoms with Crippen molar-refractivity contribution >= 4 is 35.6 Å². The zero-order chi connectivity index (χ0) is 17.4. The van der Waals surface area contributed by atoms with Crippen LogP contribution in [0.4, 0.5) is 5.69 Å². The maximum absolute atomic E-state index is 5.35. The molecule has 7 heteroatoms. The highest BCUT2D eigenvalue weighted by Gasteiger charge is 2.21. The molecule has 6 nitrogen and oxygen atoms in total. The Labute approximate surface area is 167 Å². The number of guanidine groups is 1. The van der Waals surface area contributed by atoms with Crippen LogP contribution in [0.3, 0.4) is 0 Å². The van der Waals surface area contributed by atoms with Gasteiger partial charge in [-0.05, 0) is 12.8 Å². The number of nitrogens with zero attached hydrogens (tertiary/aromatic N) is 2. The smallest absolute Gasteiger partial charge is 0.191 e. The first-order valence-electron chi connectivity index (χ1n) is 8.08. The molecule has 1 aliphatic heterocycles. The van der Waals surface area contributed by atoms with Crippen molar-refractivity contribution in [3.8, 4) is 23.8 Å². The molecule has 25 heavy (non-hydrogen) atoms. The van der Waals surface area contributed by atoms with Gasteiger partial charge in [-0.2, -0.15) is 0 Å². The molecule has 0 spiro atoms. The first-order valence-corrected chi connectivity index (χ1v) is 8.08. The summed E-state index contributed by atoms with van der Waals surface area (Å²) in [4.78, 5) is 6.54. The van der Waals surface area contributed by atoms with Crippen LogP contribution in [0.2, 0.25) is 0 Å². The molecule has 2 rings (SSSR count). The fraction of sp³-hybridized carbons (Fsp3) is 0.500. The highest BCUT2D eigenvalue weighted by atomic mass is 127. The molecule has 0 aliphatic carbocycles. The van der Waals surface area contributed by atoms with Crippen LogP contribution in [0, 0.1) is 12.3 Å². The highest BCUT2D eigenvalue weighted by Crippen LogP contribution is 2.30. The number of terminal acetylenes is 1. The summed E-state index contributed by atoms with van der Waals surface area (Å²) in [5.74, 6) is 4.93. The van der Waals surface area contributed by atoms with Gasteiger partial charge in [0.05, 0.1) is 20.8 Å². The van der Waals surface area contributed by atoms with Crippen molar-refractivity contribution < 1.29 is 9.47 Å². The van der Waals surface area contributed by atoms with E-state index in [4.69, 9.17) is 15.9 Å². The lowest BCUT2D eigenvalue weighted by atomic mass is 10.0. The van der Waals surface area contributed by atoms with Crippen molar-refractivity contribution in [2.75, 3.05) is 45.8 Å². The Bertz CT molecular complexity index is 585. The highest BCUT2D eigenvalue weighted by molar-refractivity contribution is 14.0. The molecule has 138 valence electrons. The summed E-state index contributed by atoms with van der Waals surface area (Å²) in [6.45, 7) is 2.39. The van der Waals surface area contributed by atoms with E-state index in [1.165, 1.54) is 0 Å². The second-order valence-corrected chi connectivity index (χ2v) is 5.61. The molecule has 1 aromatic carbocycles. The summed E-state index contributed by atoms with van der Waals surface area (Å²) in [6.07, 6.45) is 7.32. The predicted molar refractivity (Wildman–Crippen MR) is 114 cm³/mol. The molecule has 1 heterocycles. The first kappa shape index (κ1) is 21.2. The summed E-state index contributed by atoms with van der Waals surface area (Å²) in [6, 6.07) is 6.37. The largest absolute Gasteiger partial charge is 0.497 e. The zero-order valence-electron chi connectivity index (χ0n) is 15.0. The third-order valence-electron chi connectivity index (χ3n) is 4.12. The number of nitrogens with one attached hydrogen (secondary N) is 2. The van der Waals surface area contributed by atoms with Crippen LogP contribution in [-0.4, -0.2) is 52.9 Å². The van der Waals surface area contributed by atoms with Crippen LogP contribution in [0.1, 0.15) is 12.8 Å². The number of methoxy groups -OCH3 is 2. The van der Waals surface area contributed by atoms with Gasteiger partial charge in [-0.15, -0.1) is 30.4 Å². The fourth-order valence-corrected chi connectivity index (χ4v) is 2.78. The summed E-state index contributed by atoms with van der Waals surface area (Å²) < 4.78 is 10.7. The third kappa shape index (κ3) is 6.20. The van der Waals surface area contributed by atoms with Crippen LogP contribution in [0.5, 0.6) is 11.5 Å². The van der Waals surface area contributed by atoms with Gasteiger partial charge in [0.1, 0.15) is 11.5 Å². The van der Waals surface area contributed by atoms with Gasteiger partial charge in [0.2, 0.25) is 0 Å². The van der Waals surface area contributed by atoms with E-state index in [1.54, 1.807) is 21.3 Å². The molecular formula is C18H27IN4O2. The molecule has 1 saturated heterocycles. The van der Waals surface area contributed by atoms with Crippen molar-refractivity contribution in [3.05, 3.63) is 18.2 Å². The van der Waals surface area contributed by atoms with Gasteiger partial charge in [-0.1, -0.05) is 5.92 Å². The Morgan fingerprint density at radius 1 is 1.24 bits per heavy atom. The second kappa shape index (κ2) is 10.9. The molecule has 0 radical (unpaired) electrons. The van der Waals surface area contributed by atoms with E-state index in [9.17, 15) is 0 Å². The maximum Gasteiger partial charge on any atom is 0.191 e. The quantitative estimate of drug-likeness (QED) is 0.307. The molecule has 1 aliphatic rings. The molecule has 2 N–H and O–H groups in total. The standard InChI is InChI=1S/C18H26N4O2.HI/c1-5-8-20-18(19-2)21-14-6-9-22(10-7-14)15-11-16(23-3)13-17(12-15)24-4;/h1,11-14H,6-10H2,2-4H3,(H2,19,20,21);1H. The Morgan fingerprint density at radius 3 is 2.32 bits per heavy atom. The lowest BCUT2D eigenvalue weighted by molar-refractivity contribution is 0.393. The maximum atomic E-state index is 5.35. The van der Waals surface area contributed by atoms with Gasteiger partial charge in [0, 0.05) is 50.1 Å². The van der Waals surface area contributed by atoms with E-state index >= 15 is 0 Å². The SMILES string of the molecule is C#CCNC(=NC)NC1CCN(c2cc(OC)cc(OC)c2)CC1.I. The lowest BCUT2D eigenvalue weighted by Gasteiger charge is -2.34. The van der Waals surface area contributed by atoms with E-state index in [0.717, 1.165) is 49.1 Å². The summed E-state index contributed by atoms with van der Waals surface area (Å²) in [5.41, 5.74) is 1.12. The third-order valence-corrected chi connectivity index (χ3v) is 4.12. The van der Waals surface area contributed by atoms with Crippen molar-refractivity contribution in [1.29, 1.82) is 0 Å². The summed E-state index contributed by atoms with van der Waals surface area (Å²) in [5, 5.41) is 6.52. The Kier molecular flexibility index (Phi) is 9.27. The Morgan fingerprint density at radius 2 is 1.84 bits per heavy atom. The number of anilines is 1. The first-order chi connectivity index (χ1) is 11.7. The van der Waals surface area contributed by atoms with Gasteiger partial charge < -0.3 is 25.0 Å². The van der Waals surface area contributed by atoms with Crippen LogP contribution < -0.4 is 25.0 Å². The van der Waals surface area contributed by atoms with Crippen molar-refractivity contribution in [3.63, 3.8) is 0 Å². The lowest BCUT2D eigenvalue weighted by Crippen LogP contribution is -2.48. The minimum absolute atomic E-state index is 0. The van der Waals surface area contributed by atoms with Gasteiger partial charge in [-0.3, -0.25) is 4.99 Å². The number of piperidine rings is 1. The number of aliphatic imine (C=N–C) groups is 1. The second-order valence-electron chi connectivity index (χ2n) is 5.61. The fourth-order valence-electron chi connectivity index (χ4n) is 2.78. The molecule has 0 saturated carbocycles. The number of halogens is 1. The molecule has 0 unspecified atom stereocenters. The van der Waals surface area contributed by atoms with Gasteiger partial charge in [0.25, 0.3) is 0 Å². The number of rotatable bonds is 5. The average Bonchev–Trinajstić information content (AvgIpc) is 2.65. The molecule has 1 fully saturated rings. The van der Waals surface area contributed by atoms with Crippen molar-refractivity contribution in [2.45, 2.75) is 18.9 Å². The minimum Gasteiger partial charge on any atom is -0.497 e. The van der Waals surface area contributed by atoms with E-state index in [1.807, 2.05) is 18.2 Å². The topological polar surface area (TPSA) is 58.1 Å². The molecule has 0 amide bonds. The van der Waals surface area contributed by atoms with Gasteiger partial charge in [-0.25, -0.2) is 0 Å². The summed E-state index contributed by atoms with van der Waals surface area (Å²) >= 11 is 0. The predicted octanol–water partition coefficient (Wildman–Crippen LogP) is 2.09. The van der Waals surface area contributed by atoms with Gasteiger partial charge in [0.15, 0.2) is 5.96 Å². The number of hydrogen-bond donors (Lipinski definition) is 2. The Balaban J connectivity index is 0.00000312. The number of ether oxygens (including phenoxy) is 2. The van der Waals surface area contributed by atoms with Crippen molar-refractivity contribution in [2.24, 2.45) is 4.99 Å². The van der Waals surface area contributed by atoms with Crippen LogP contribution in [-0.2, 0) is 0 Å². The van der Waals surface area contributed by atoms with E-state index in [2.05, 4.69) is 26.4 Å². The molecule has 0 bridgehead atoms. The van der Waals surface area contributed by atoms with E-state index in [-0.39, 0.29) is 24.0 Å². The molecular weight excluding hydrogens is 431 g/mol. The van der Waals surface area contributed by atoms with E-state index < -0.39 is 0 Å². The molecule has 0 atom stereocenters. The minimum atomic E-state index is 0. The average molecular weight is 458 g/mol. The van der Waals surface area contributed by atoms with Crippen molar-refractivity contribution in [1.82, 2.24) is 10.6 Å². The number of hydrogen-bond acceptors (Lipinski definition) is 4. The monoisotopic (exact) mass is 458 g/mol. The molecule has 0 aromatic heterocycles. The Hall–Kier alpha value is -1.82. The summed E-state index contributed by atoms with van der Waals surface area (Å²) in [7, 11) is 5.09. The normalized spacial score (nSPS) is 15.0. The zero-order valence-corrected chi connectivity index (χ0v) is 17.4. The molecule has 1 aromatic rings.